The van der Waals surface area contributed by atoms with E-state index in [1.54, 1.807) is 6.92 Å². The van der Waals surface area contributed by atoms with E-state index in [-0.39, 0.29) is 22.9 Å². The highest BCUT2D eigenvalue weighted by molar-refractivity contribution is 7.20. The second kappa shape index (κ2) is 5.37. The Bertz CT molecular complexity index is 651. The number of thiophene rings is 1. The molecule has 0 aliphatic heterocycles. The summed E-state index contributed by atoms with van der Waals surface area (Å²) in [5.41, 5.74) is -0.476. The van der Waals surface area contributed by atoms with E-state index in [4.69, 9.17) is 9.84 Å². The number of hydrogen-bond acceptors (Lipinski definition) is 5. The molecule has 20 heavy (non-hydrogen) atoms. The monoisotopic (exact) mass is 305 g/mol. The standard InChI is InChI=1S/C12H10F3NO3S/c1-6-7-2-3-8(12(13,14)15)16-10(7)20-9(6)11(18)19-5-4-17/h2-3,17H,4-5H2,1H3. The van der Waals surface area contributed by atoms with Crippen LogP contribution in [0.4, 0.5) is 13.2 Å². The molecule has 0 atom stereocenters. The Labute approximate surface area is 115 Å². The number of rotatable bonds is 3. The molecule has 0 aliphatic rings. The van der Waals surface area contributed by atoms with Crippen molar-refractivity contribution < 1.29 is 27.8 Å². The van der Waals surface area contributed by atoms with Gasteiger partial charge in [-0.2, -0.15) is 13.2 Å². The number of halogens is 3. The van der Waals surface area contributed by atoms with Crippen LogP contribution in [0.25, 0.3) is 10.2 Å². The van der Waals surface area contributed by atoms with Gasteiger partial charge in [0.2, 0.25) is 0 Å². The highest BCUT2D eigenvalue weighted by Crippen LogP contribution is 2.34. The summed E-state index contributed by atoms with van der Waals surface area (Å²) in [6.45, 7) is 1.14. The molecule has 1 N–H and O–H groups in total. The minimum absolute atomic E-state index is 0.133. The molecule has 2 rings (SSSR count). The summed E-state index contributed by atoms with van der Waals surface area (Å²) in [6.07, 6.45) is -4.52. The topological polar surface area (TPSA) is 59.4 Å². The molecule has 4 nitrogen and oxygen atoms in total. The molecular weight excluding hydrogens is 295 g/mol. The molecule has 0 unspecified atom stereocenters. The van der Waals surface area contributed by atoms with Crippen molar-refractivity contribution in [3.63, 3.8) is 0 Å². The fourth-order valence-electron chi connectivity index (χ4n) is 1.66. The van der Waals surface area contributed by atoms with E-state index in [0.717, 1.165) is 17.4 Å². The van der Waals surface area contributed by atoms with Crippen molar-refractivity contribution in [3.05, 3.63) is 28.3 Å². The average molecular weight is 305 g/mol. The van der Waals surface area contributed by atoms with Crippen molar-refractivity contribution in [2.75, 3.05) is 13.2 Å². The first-order valence-electron chi connectivity index (χ1n) is 5.60. The summed E-state index contributed by atoms with van der Waals surface area (Å²) >= 11 is 0.845. The number of alkyl halides is 3. The van der Waals surface area contributed by atoms with Gasteiger partial charge in [0.15, 0.2) is 0 Å². The van der Waals surface area contributed by atoms with Crippen LogP contribution in [0.2, 0.25) is 0 Å². The van der Waals surface area contributed by atoms with E-state index in [2.05, 4.69) is 4.98 Å². The fourth-order valence-corrected chi connectivity index (χ4v) is 2.73. The van der Waals surface area contributed by atoms with Gasteiger partial charge in [-0.05, 0) is 24.6 Å². The lowest BCUT2D eigenvalue weighted by Crippen LogP contribution is -2.08. The van der Waals surface area contributed by atoms with Gasteiger partial charge in [0.25, 0.3) is 0 Å². The second-order valence-electron chi connectivity index (χ2n) is 3.96. The Morgan fingerprint density at radius 2 is 2.15 bits per heavy atom. The number of pyridine rings is 1. The lowest BCUT2D eigenvalue weighted by atomic mass is 10.2. The van der Waals surface area contributed by atoms with Gasteiger partial charge in [0, 0.05) is 5.39 Å². The summed E-state index contributed by atoms with van der Waals surface area (Å²) in [4.78, 5) is 15.6. The van der Waals surface area contributed by atoms with Crippen LogP contribution in [0.5, 0.6) is 0 Å². The number of aromatic nitrogens is 1. The number of ether oxygens (including phenoxy) is 1. The predicted octanol–water partition coefficient (Wildman–Crippen LogP) is 2.77. The third kappa shape index (κ3) is 2.75. The molecule has 0 aromatic carbocycles. The van der Waals surface area contributed by atoms with Crippen LogP contribution in [-0.4, -0.2) is 29.3 Å². The maximum absolute atomic E-state index is 12.6. The van der Waals surface area contributed by atoms with E-state index < -0.39 is 17.8 Å². The number of fused-ring (bicyclic) bond motifs is 1. The van der Waals surface area contributed by atoms with E-state index in [1.807, 2.05) is 0 Å². The first-order chi connectivity index (χ1) is 9.34. The van der Waals surface area contributed by atoms with Gasteiger partial charge < -0.3 is 9.84 Å². The molecule has 0 amide bonds. The van der Waals surface area contributed by atoms with Crippen molar-refractivity contribution in [1.29, 1.82) is 0 Å². The number of aliphatic hydroxyl groups excluding tert-OH is 1. The Hall–Kier alpha value is -1.67. The molecule has 8 heteroatoms. The van der Waals surface area contributed by atoms with Gasteiger partial charge in [-0.1, -0.05) is 0 Å². The quantitative estimate of drug-likeness (QED) is 0.886. The molecule has 2 aromatic rings. The maximum atomic E-state index is 12.6. The lowest BCUT2D eigenvalue weighted by molar-refractivity contribution is -0.140. The molecule has 0 radical (unpaired) electrons. The molecule has 0 saturated heterocycles. The van der Waals surface area contributed by atoms with Crippen LogP contribution in [0.15, 0.2) is 12.1 Å². The zero-order chi connectivity index (χ0) is 14.9. The number of aliphatic hydroxyl groups is 1. The molecule has 0 aliphatic carbocycles. The minimum atomic E-state index is -4.52. The third-order valence-corrected chi connectivity index (χ3v) is 3.79. The molecule has 0 spiro atoms. The van der Waals surface area contributed by atoms with Crippen LogP contribution in [0.1, 0.15) is 20.9 Å². The number of aryl methyl sites for hydroxylation is 1. The van der Waals surface area contributed by atoms with Gasteiger partial charge in [-0.3, -0.25) is 0 Å². The van der Waals surface area contributed by atoms with Gasteiger partial charge in [0.05, 0.1) is 6.61 Å². The smallest absolute Gasteiger partial charge is 0.433 e. The van der Waals surface area contributed by atoms with Crippen molar-refractivity contribution in [1.82, 2.24) is 4.98 Å². The highest BCUT2D eigenvalue weighted by Gasteiger charge is 2.33. The Kier molecular flexibility index (Phi) is 3.96. The number of esters is 1. The molecular formula is C12H10F3NO3S. The van der Waals surface area contributed by atoms with Crippen LogP contribution >= 0.6 is 11.3 Å². The fraction of sp³-hybridized carbons (Fsp3) is 0.333. The van der Waals surface area contributed by atoms with E-state index in [0.29, 0.717) is 10.9 Å². The third-order valence-electron chi connectivity index (χ3n) is 2.60. The Balaban J connectivity index is 2.44. The average Bonchev–Trinajstić information content (AvgIpc) is 2.72. The largest absolute Gasteiger partial charge is 0.459 e. The van der Waals surface area contributed by atoms with Crippen molar-refractivity contribution in [2.45, 2.75) is 13.1 Å². The second-order valence-corrected chi connectivity index (χ2v) is 4.96. The first kappa shape index (κ1) is 14.7. The first-order valence-corrected chi connectivity index (χ1v) is 6.41. The molecule has 0 saturated carbocycles. The number of carbonyl (C=O) groups is 1. The van der Waals surface area contributed by atoms with Crippen LogP contribution in [0, 0.1) is 6.92 Å². The molecule has 2 heterocycles. The Morgan fingerprint density at radius 3 is 2.75 bits per heavy atom. The molecule has 0 bridgehead atoms. The van der Waals surface area contributed by atoms with Gasteiger partial charge >= 0.3 is 12.1 Å². The molecule has 0 fully saturated rings. The lowest BCUT2D eigenvalue weighted by Gasteiger charge is -2.04. The van der Waals surface area contributed by atoms with Crippen LogP contribution in [-0.2, 0) is 10.9 Å². The van der Waals surface area contributed by atoms with Crippen molar-refractivity contribution >= 4 is 27.5 Å². The van der Waals surface area contributed by atoms with E-state index in [1.165, 1.54) is 6.07 Å². The summed E-state index contributed by atoms with van der Waals surface area (Å²) in [7, 11) is 0. The van der Waals surface area contributed by atoms with E-state index >= 15 is 0 Å². The van der Waals surface area contributed by atoms with Crippen LogP contribution in [0.3, 0.4) is 0 Å². The van der Waals surface area contributed by atoms with Gasteiger partial charge in [0.1, 0.15) is 22.0 Å². The number of carbonyl (C=O) groups excluding carboxylic acids is 1. The zero-order valence-corrected chi connectivity index (χ0v) is 11.1. The van der Waals surface area contributed by atoms with Gasteiger partial charge in [-0.15, -0.1) is 11.3 Å². The zero-order valence-electron chi connectivity index (χ0n) is 10.3. The van der Waals surface area contributed by atoms with E-state index in [9.17, 15) is 18.0 Å². The predicted molar refractivity (Wildman–Crippen MR) is 66.7 cm³/mol. The maximum Gasteiger partial charge on any atom is 0.433 e. The number of hydrogen-bond donors (Lipinski definition) is 1. The van der Waals surface area contributed by atoms with Crippen molar-refractivity contribution in [3.8, 4) is 0 Å². The molecule has 108 valence electrons. The summed E-state index contributed by atoms with van der Waals surface area (Å²) in [5.74, 6) is -0.673. The molecule has 2 aromatic heterocycles. The summed E-state index contributed by atoms with van der Waals surface area (Å²) in [6, 6.07) is 2.17. The highest BCUT2D eigenvalue weighted by atomic mass is 32.1. The van der Waals surface area contributed by atoms with Gasteiger partial charge in [-0.25, -0.2) is 9.78 Å². The Morgan fingerprint density at radius 1 is 1.45 bits per heavy atom. The normalized spacial score (nSPS) is 11.8. The minimum Gasteiger partial charge on any atom is -0.459 e. The number of nitrogens with zero attached hydrogens (tertiary/aromatic N) is 1. The van der Waals surface area contributed by atoms with Crippen molar-refractivity contribution in [2.24, 2.45) is 0 Å². The SMILES string of the molecule is Cc1c(C(=O)OCCO)sc2nc(C(F)(F)F)ccc12. The summed E-state index contributed by atoms with van der Waals surface area (Å²) < 4.78 is 42.5. The summed E-state index contributed by atoms with van der Waals surface area (Å²) in [5, 5.41) is 9.07. The van der Waals surface area contributed by atoms with Crippen LogP contribution < -0.4 is 0 Å².